The van der Waals surface area contributed by atoms with Crippen LogP contribution in [0.3, 0.4) is 0 Å². The van der Waals surface area contributed by atoms with Gasteiger partial charge in [-0.15, -0.1) is 0 Å². The van der Waals surface area contributed by atoms with Crippen molar-refractivity contribution in [2.75, 3.05) is 26.7 Å². The van der Waals surface area contributed by atoms with Gasteiger partial charge in [-0.3, -0.25) is 4.79 Å². The van der Waals surface area contributed by atoms with Crippen molar-refractivity contribution in [1.82, 2.24) is 4.90 Å². The fraction of sp³-hybridized carbons (Fsp3) is 0.889. The number of ether oxygens (including phenoxy) is 1. The third-order valence-corrected chi connectivity index (χ3v) is 1.95. The molecule has 0 rings (SSSR count). The lowest BCUT2D eigenvalue weighted by Gasteiger charge is -2.22. The minimum absolute atomic E-state index is 0.338. The van der Waals surface area contributed by atoms with Crippen LogP contribution >= 0.6 is 0 Å². The average Bonchev–Trinajstić information content (AvgIpc) is 2.15. The first-order valence-corrected chi connectivity index (χ1v) is 4.71. The SMILES string of the molecule is CCCN(CC)CC(N)C(=O)OC. The number of methoxy groups -OCH3 is 1. The van der Waals surface area contributed by atoms with Crippen LogP contribution in [0.15, 0.2) is 0 Å². The lowest BCUT2D eigenvalue weighted by molar-refractivity contribution is -0.142. The molecule has 0 aliphatic carbocycles. The molecule has 78 valence electrons. The van der Waals surface area contributed by atoms with E-state index in [4.69, 9.17) is 5.73 Å². The Morgan fingerprint density at radius 1 is 1.54 bits per heavy atom. The number of hydrogen-bond donors (Lipinski definition) is 1. The fourth-order valence-corrected chi connectivity index (χ4v) is 1.20. The van der Waals surface area contributed by atoms with Gasteiger partial charge in [-0.05, 0) is 19.5 Å². The summed E-state index contributed by atoms with van der Waals surface area (Å²) in [6.07, 6.45) is 1.07. The zero-order valence-electron chi connectivity index (χ0n) is 8.75. The molecule has 0 amide bonds. The third-order valence-electron chi connectivity index (χ3n) is 1.95. The lowest BCUT2D eigenvalue weighted by atomic mass is 10.3. The van der Waals surface area contributed by atoms with Crippen molar-refractivity contribution in [3.8, 4) is 0 Å². The second kappa shape index (κ2) is 6.86. The van der Waals surface area contributed by atoms with Gasteiger partial charge in [0.15, 0.2) is 0 Å². The summed E-state index contributed by atoms with van der Waals surface area (Å²) in [5.74, 6) is -0.338. The third kappa shape index (κ3) is 4.85. The van der Waals surface area contributed by atoms with E-state index in [1.807, 2.05) is 0 Å². The quantitative estimate of drug-likeness (QED) is 0.606. The van der Waals surface area contributed by atoms with E-state index >= 15 is 0 Å². The van der Waals surface area contributed by atoms with Crippen LogP contribution in [-0.2, 0) is 9.53 Å². The average molecular weight is 188 g/mol. The highest BCUT2D eigenvalue weighted by molar-refractivity contribution is 5.75. The minimum atomic E-state index is -0.517. The van der Waals surface area contributed by atoms with Crippen molar-refractivity contribution in [1.29, 1.82) is 0 Å². The molecule has 1 atom stereocenters. The Hall–Kier alpha value is -0.610. The fourth-order valence-electron chi connectivity index (χ4n) is 1.20. The first kappa shape index (κ1) is 12.4. The maximum atomic E-state index is 11.0. The smallest absolute Gasteiger partial charge is 0.323 e. The summed E-state index contributed by atoms with van der Waals surface area (Å²) >= 11 is 0. The van der Waals surface area contributed by atoms with Crippen LogP contribution < -0.4 is 5.73 Å². The Labute approximate surface area is 80.0 Å². The predicted molar refractivity (Wildman–Crippen MR) is 52.4 cm³/mol. The van der Waals surface area contributed by atoms with Crippen LogP contribution in [0, 0.1) is 0 Å². The van der Waals surface area contributed by atoms with Gasteiger partial charge in [0.1, 0.15) is 6.04 Å². The van der Waals surface area contributed by atoms with Gasteiger partial charge in [0.05, 0.1) is 7.11 Å². The van der Waals surface area contributed by atoms with Crippen molar-refractivity contribution in [2.24, 2.45) is 5.73 Å². The number of nitrogens with two attached hydrogens (primary N) is 1. The molecular weight excluding hydrogens is 168 g/mol. The van der Waals surface area contributed by atoms with E-state index < -0.39 is 6.04 Å². The Balaban J connectivity index is 3.85. The number of carbonyl (C=O) groups is 1. The van der Waals surface area contributed by atoms with Crippen molar-refractivity contribution >= 4 is 5.97 Å². The van der Waals surface area contributed by atoms with Crippen LogP contribution in [0.2, 0.25) is 0 Å². The topological polar surface area (TPSA) is 55.6 Å². The van der Waals surface area contributed by atoms with Crippen LogP contribution in [0.25, 0.3) is 0 Å². The molecule has 0 aliphatic rings. The number of nitrogens with zero attached hydrogens (tertiary/aromatic N) is 1. The summed E-state index contributed by atoms with van der Waals surface area (Å²) in [6, 6.07) is -0.517. The van der Waals surface area contributed by atoms with Gasteiger partial charge in [0, 0.05) is 6.54 Å². The van der Waals surface area contributed by atoms with E-state index in [1.54, 1.807) is 0 Å². The molecule has 0 saturated carbocycles. The molecule has 0 saturated heterocycles. The Bertz CT molecular complexity index is 151. The molecule has 0 spiro atoms. The highest BCUT2D eigenvalue weighted by atomic mass is 16.5. The van der Waals surface area contributed by atoms with Gasteiger partial charge in [0.2, 0.25) is 0 Å². The van der Waals surface area contributed by atoms with Gasteiger partial charge in [-0.2, -0.15) is 0 Å². The Morgan fingerprint density at radius 2 is 2.15 bits per heavy atom. The Kier molecular flexibility index (Phi) is 6.54. The Morgan fingerprint density at radius 3 is 2.54 bits per heavy atom. The summed E-state index contributed by atoms with van der Waals surface area (Å²) in [7, 11) is 1.36. The minimum Gasteiger partial charge on any atom is -0.468 e. The molecule has 0 heterocycles. The van der Waals surface area contributed by atoms with Gasteiger partial charge < -0.3 is 15.4 Å². The second-order valence-electron chi connectivity index (χ2n) is 3.02. The molecule has 0 aromatic heterocycles. The number of carbonyl (C=O) groups excluding carboxylic acids is 1. The highest BCUT2D eigenvalue weighted by Gasteiger charge is 2.16. The maximum Gasteiger partial charge on any atom is 0.323 e. The number of esters is 1. The molecule has 0 aromatic rings. The number of hydrogen-bond acceptors (Lipinski definition) is 4. The molecule has 4 heteroatoms. The summed E-state index contributed by atoms with van der Waals surface area (Å²) in [5.41, 5.74) is 5.62. The van der Waals surface area contributed by atoms with Crippen LogP contribution in [-0.4, -0.2) is 43.7 Å². The molecule has 1 unspecified atom stereocenters. The standard InChI is InChI=1S/C9H20N2O2/c1-4-6-11(5-2)7-8(10)9(12)13-3/h8H,4-7,10H2,1-3H3. The molecule has 4 nitrogen and oxygen atoms in total. The molecule has 0 aliphatic heterocycles. The van der Waals surface area contributed by atoms with Crippen molar-refractivity contribution in [3.63, 3.8) is 0 Å². The molecule has 2 N–H and O–H groups in total. The van der Waals surface area contributed by atoms with Crippen molar-refractivity contribution < 1.29 is 9.53 Å². The number of rotatable bonds is 6. The molecule has 0 aromatic carbocycles. The zero-order valence-corrected chi connectivity index (χ0v) is 8.75. The molecule has 0 fully saturated rings. The number of likely N-dealkylation sites (N-methyl/N-ethyl adjacent to an activating group) is 1. The lowest BCUT2D eigenvalue weighted by Crippen LogP contribution is -2.43. The van der Waals surface area contributed by atoms with Crippen LogP contribution in [0.4, 0.5) is 0 Å². The van der Waals surface area contributed by atoms with E-state index in [9.17, 15) is 4.79 Å². The monoisotopic (exact) mass is 188 g/mol. The zero-order chi connectivity index (χ0) is 10.3. The molecule has 0 bridgehead atoms. The predicted octanol–water partition coefficient (Wildman–Crippen LogP) is 0.219. The molecular formula is C9H20N2O2. The van der Waals surface area contributed by atoms with Crippen molar-refractivity contribution in [3.05, 3.63) is 0 Å². The first-order valence-electron chi connectivity index (χ1n) is 4.71. The second-order valence-corrected chi connectivity index (χ2v) is 3.02. The van der Waals surface area contributed by atoms with Crippen LogP contribution in [0.1, 0.15) is 20.3 Å². The van der Waals surface area contributed by atoms with Gasteiger partial charge in [-0.1, -0.05) is 13.8 Å². The summed E-state index contributed by atoms with van der Waals surface area (Å²) < 4.78 is 4.54. The first-order chi connectivity index (χ1) is 6.15. The van der Waals surface area contributed by atoms with Crippen LogP contribution in [0.5, 0.6) is 0 Å². The van der Waals surface area contributed by atoms with Crippen molar-refractivity contribution in [2.45, 2.75) is 26.3 Å². The van der Waals surface area contributed by atoms with E-state index in [1.165, 1.54) is 7.11 Å². The van der Waals surface area contributed by atoms with E-state index in [0.717, 1.165) is 19.5 Å². The largest absolute Gasteiger partial charge is 0.468 e. The molecule has 13 heavy (non-hydrogen) atoms. The summed E-state index contributed by atoms with van der Waals surface area (Å²) in [5, 5.41) is 0. The summed E-state index contributed by atoms with van der Waals surface area (Å²) in [6.45, 7) is 6.63. The highest BCUT2D eigenvalue weighted by Crippen LogP contribution is 1.94. The molecule has 0 radical (unpaired) electrons. The summed E-state index contributed by atoms with van der Waals surface area (Å²) in [4.78, 5) is 13.1. The normalized spacial score (nSPS) is 13.0. The van der Waals surface area contributed by atoms with Gasteiger partial charge in [-0.25, -0.2) is 0 Å². The van der Waals surface area contributed by atoms with Gasteiger partial charge >= 0.3 is 5.97 Å². The van der Waals surface area contributed by atoms with E-state index in [-0.39, 0.29) is 5.97 Å². The van der Waals surface area contributed by atoms with E-state index in [0.29, 0.717) is 6.54 Å². The maximum absolute atomic E-state index is 11.0. The van der Waals surface area contributed by atoms with E-state index in [2.05, 4.69) is 23.5 Å². The van der Waals surface area contributed by atoms with Gasteiger partial charge in [0.25, 0.3) is 0 Å².